The smallest absolute Gasteiger partial charge is 0.280 e. The van der Waals surface area contributed by atoms with Crippen LogP contribution in [0.1, 0.15) is 46.2 Å². The summed E-state index contributed by atoms with van der Waals surface area (Å²) in [6.07, 6.45) is 1.82. The van der Waals surface area contributed by atoms with E-state index in [1.807, 2.05) is 20.8 Å². The zero-order valence-corrected chi connectivity index (χ0v) is 13.4. The summed E-state index contributed by atoms with van der Waals surface area (Å²) < 4.78 is 28.6. The van der Waals surface area contributed by atoms with Crippen molar-refractivity contribution in [1.82, 2.24) is 14.5 Å². The molecule has 2 heterocycles. The van der Waals surface area contributed by atoms with Crippen LogP contribution in [0.4, 0.5) is 5.82 Å². The lowest BCUT2D eigenvalue weighted by molar-refractivity contribution is 0.289. The second-order valence-corrected chi connectivity index (χ2v) is 8.28. The van der Waals surface area contributed by atoms with Crippen LogP contribution in [0.3, 0.4) is 0 Å². The van der Waals surface area contributed by atoms with Gasteiger partial charge in [0.05, 0.1) is 0 Å². The van der Waals surface area contributed by atoms with Gasteiger partial charge in [0, 0.05) is 30.3 Å². The molecular formula is C13H24N4O2S. The number of piperidine rings is 1. The minimum atomic E-state index is -3.49. The van der Waals surface area contributed by atoms with E-state index in [9.17, 15) is 8.42 Å². The molecule has 114 valence electrons. The van der Waals surface area contributed by atoms with Gasteiger partial charge in [-0.3, -0.25) is 9.82 Å². The highest BCUT2D eigenvalue weighted by Gasteiger charge is 2.27. The summed E-state index contributed by atoms with van der Waals surface area (Å²) in [5.74, 6) is 0.952. The highest BCUT2D eigenvalue weighted by molar-refractivity contribution is 7.90. The Bertz CT molecular complexity index is 551. The average Bonchev–Trinajstić information content (AvgIpc) is 2.77. The summed E-state index contributed by atoms with van der Waals surface area (Å²) in [4.78, 5) is 0. The first kappa shape index (κ1) is 15.3. The van der Waals surface area contributed by atoms with Gasteiger partial charge >= 0.3 is 10.2 Å². The van der Waals surface area contributed by atoms with Crippen LogP contribution in [-0.2, 0) is 15.6 Å². The summed E-state index contributed by atoms with van der Waals surface area (Å²) in [5.41, 5.74) is 0.819. The first-order chi connectivity index (χ1) is 9.18. The van der Waals surface area contributed by atoms with Gasteiger partial charge in [-0.15, -0.1) is 0 Å². The first-order valence-electron chi connectivity index (χ1n) is 7.02. The molecule has 2 N–H and O–H groups in total. The molecule has 0 atom stereocenters. The summed E-state index contributed by atoms with van der Waals surface area (Å²) in [7, 11) is -3.49. The van der Waals surface area contributed by atoms with E-state index in [1.165, 1.54) is 4.31 Å². The van der Waals surface area contributed by atoms with Crippen molar-refractivity contribution < 1.29 is 8.42 Å². The topological polar surface area (TPSA) is 78.1 Å². The van der Waals surface area contributed by atoms with Crippen molar-refractivity contribution in [1.29, 1.82) is 0 Å². The van der Waals surface area contributed by atoms with Gasteiger partial charge in [-0.05, 0) is 18.8 Å². The first-order valence-corrected chi connectivity index (χ1v) is 8.46. The van der Waals surface area contributed by atoms with Crippen LogP contribution in [0.2, 0.25) is 0 Å². The summed E-state index contributed by atoms with van der Waals surface area (Å²) in [5, 5.41) is 6.92. The van der Waals surface area contributed by atoms with Crippen LogP contribution in [-0.4, -0.2) is 36.0 Å². The zero-order valence-electron chi connectivity index (χ0n) is 12.6. The Balaban J connectivity index is 2.07. The fourth-order valence-corrected chi connectivity index (χ4v) is 3.37. The molecule has 1 aliphatic rings. The summed E-state index contributed by atoms with van der Waals surface area (Å²) in [6.45, 7) is 9.45. The normalized spacial score (nSPS) is 19.2. The van der Waals surface area contributed by atoms with Crippen molar-refractivity contribution in [2.24, 2.45) is 5.92 Å². The molecule has 1 saturated heterocycles. The molecule has 1 aliphatic heterocycles. The maximum atomic E-state index is 12.3. The Morgan fingerprint density at radius 3 is 2.45 bits per heavy atom. The standard InChI is InChI=1S/C13H24N4O2S/c1-10-5-7-17(8-6-10)20(18,19)16-12-9-11(14-15-12)13(2,3)4/h9-10H,5-8H2,1-4H3,(H2,14,15,16). The second kappa shape index (κ2) is 5.37. The average molecular weight is 300 g/mol. The van der Waals surface area contributed by atoms with E-state index in [-0.39, 0.29) is 5.41 Å². The molecule has 0 unspecified atom stereocenters. The van der Waals surface area contributed by atoms with Crippen molar-refractivity contribution >= 4 is 16.0 Å². The summed E-state index contributed by atoms with van der Waals surface area (Å²) >= 11 is 0. The quantitative estimate of drug-likeness (QED) is 0.897. The Kier molecular flexibility index (Phi) is 4.11. The molecule has 0 saturated carbocycles. The van der Waals surface area contributed by atoms with Crippen molar-refractivity contribution in [3.8, 4) is 0 Å². The Morgan fingerprint density at radius 1 is 1.35 bits per heavy atom. The molecule has 7 heteroatoms. The van der Waals surface area contributed by atoms with Crippen LogP contribution in [0, 0.1) is 5.92 Å². The minimum absolute atomic E-state index is 0.0861. The van der Waals surface area contributed by atoms with Gasteiger partial charge in [-0.25, -0.2) is 0 Å². The molecule has 0 aromatic carbocycles. The molecule has 2 rings (SSSR count). The molecule has 0 bridgehead atoms. The lowest BCUT2D eigenvalue weighted by atomic mass is 9.92. The van der Waals surface area contributed by atoms with E-state index in [0.717, 1.165) is 18.5 Å². The maximum Gasteiger partial charge on any atom is 0.302 e. The van der Waals surface area contributed by atoms with Crippen molar-refractivity contribution in [2.45, 2.75) is 46.0 Å². The Morgan fingerprint density at radius 2 is 1.95 bits per heavy atom. The molecule has 0 amide bonds. The van der Waals surface area contributed by atoms with E-state index >= 15 is 0 Å². The number of aromatic nitrogens is 2. The minimum Gasteiger partial charge on any atom is -0.280 e. The van der Waals surface area contributed by atoms with Crippen molar-refractivity contribution in [3.63, 3.8) is 0 Å². The number of nitrogens with one attached hydrogen (secondary N) is 2. The molecule has 6 nitrogen and oxygen atoms in total. The molecule has 0 aliphatic carbocycles. The van der Waals surface area contributed by atoms with Gasteiger partial charge in [-0.2, -0.15) is 17.8 Å². The lowest BCUT2D eigenvalue weighted by Gasteiger charge is -2.29. The van der Waals surface area contributed by atoms with E-state index in [0.29, 0.717) is 24.8 Å². The molecule has 1 fully saturated rings. The highest BCUT2D eigenvalue weighted by atomic mass is 32.2. The molecule has 0 radical (unpaired) electrons. The number of rotatable bonds is 3. The third-order valence-corrected chi connectivity index (χ3v) is 5.21. The largest absolute Gasteiger partial charge is 0.302 e. The van der Waals surface area contributed by atoms with Crippen LogP contribution in [0.15, 0.2) is 6.07 Å². The van der Waals surface area contributed by atoms with Gasteiger partial charge in [0.25, 0.3) is 0 Å². The van der Waals surface area contributed by atoms with E-state index < -0.39 is 10.2 Å². The Labute approximate surface area is 121 Å². The predicted molar refractivity (Wildman–Crippen MR) is 79.8 cm³/mol. The second-order valence-electron chi connectivity index (χ2n) is 6.61. The fourth-order valence-electron chi connectivity index (χ4n) is 2.18. The van der Waals surface area contributed by atoms with Crippen LogP contribution in [0.5, 0.6) is 0 Å². The number of anilines is 1. The number of H-pyrrole nitrogens is 1. The summed E-state index contributed by atoms with van der Waals surface area (Å²) in [6, 6.07) is 1.75. The van der Waals surface area contributed by atoms with Gasteiger partial charge in [0.15, 0.2) is 5.82 Å². The molecular weight excluding hydrogens is 276 g/mol. The van der Waals surface area contributed by atoms with Crippen molar-refractivity contribution in [2.75, 3.05) is 17.8 Å². The number of hydrogen-bond donors (Lipinski definition) is 2. The van der Waals surface area contributed by atoms with Gasteiger partial charge in [0.1, 0.15) is 0 Å². The highest BCUT2D eigenvalue weighted by Crippen LogP contribution is 2.24. The molecule has 1 aromatic rings. The third-order valence-electron chi connectivity index (χ3n) is 3.70. The maximum absolute atomic E-state index is 12.3. The van der Waals surface area contributed by atoms with Gasteiger partial charge in [-0.1, -0.05) is 27.7 Å². The van der Waals surface area contributed by atoms with Gasteiger partial charge in [0.2, 0.25) is 0 Å². The number of nitrogens with zero attached hydrogens (tertiary/aromatic N) is 2. The van der Waals surface area contributed by atoms with Crippen LogP contribution in [0.25, 0.3) is 0 Å². The predicted octanol–water partition coefficient (Wildman–Crippen LogP) is 2.10. The monoisotopic (exact) mass is 300 g/mol. The van der Waals surface area contributed by atoms with Gasteiger partial charge < -0.3 is 0 Å². The molecule has 1 aromatic heterocycles. The number of aromatic amines is 1. The SMILES string of the molecule is CC1CCN(S(=O)(=O)Nc2cc(C(C)(C)C)[nH]n2)CC1. The molecule has 0 spiro atoms. The fraction of sp³-hybridized carbons (Fsp3) is 0.769. The third kappa shape index (κ3) is 3.52. The van der Waals surface area contributed by atoms with Crippen LogP contribution < -0.4 is 4.72 Å². The number of hydrogen-bond acceptors (Lipinski definition) is 3. The lowest BCUT2D eigenvalue weighted by Crippen LogP contribution is -2.41. The zero-order chi connectivity index (χ0) is 15.0. The van der Waals surface area contributed by atoms with E-state index in [4.69, 9.17) is 0 Å². The van der Waals surface area contributed by atoms with Crippen LogP contribution >= 0.6 is 0 Å². The van der Waals surface area contributed by atoms with E-state index in [1.54, 1.807) is 6.07 Å². The Hall–Kier alpha value is -1.08. The molecule has 20 heavy (non-hydrogen) atoms. The van der Waals surface area contributed by atoms with Crippen molar-refractivity contribution in [3.05, 3.63) is 11.8 Å². The van der Waals surface area contributed by atoms with E-state index in [2.05, 4.69) is 21.8 Å².